The van der Waals surface area contributed by atoms with Crippen molar-refractivity contribution in [1.82, 2.24) is 4.98 Å². The maximum atomic E-state index is 13.9. The van der Waals surface area contributed by atoms with Crippen molar-refractivity contribution in [3.05, 3.63) is 58.6 Å². The first-order valence-electron chi connectivity index (χ1n) is 6.40. The van der Waals surface area contributed by atoms with Crippen LogP contribution in [0.25, 0.3) is 17.2 Å². The van der Waals surface area contributed by atoms with Crippen LogP contribution < -0.4 is 0 Å². The van der Waals surface area contributed by atoms with E-state index >= 15 is 0 Å². The minimum atomic E-state index is -0.326. The van der Waals surface area contributed by atoms with Crippen molar-refractivity contribution in [2.75, 3.05) is 7.11 Å². The molecule has 0 unspecified atom stereocenters. The van der Waals surface area contributed by atoms with Gasteiger partial charge in [0.2, 0.25) is 5.90 Å². The molecule has 2 aromatic rings. The van der Waals surface area contributed by atoms with Gasteiger partial charge in [-0.3, -0.25) is 0 Å². The van der Waals surface area contributed by atoms with Crippen LogP contribution >= 0.6 is 11.6 Å². The van der Waals surface area contributed by atoms with Crippen LogP contribution in [0.2, 0.25) is 5.15 Å². The molecule has 1 aliphatic heterocycles. The van der Waals surface area contributed by atoms with E-state index in [4.69, 9.17) is 16.3 Å². The van der Waals surface area contributed by atoms with Gasteiger partial charge in [-0.05, 0) is 23.8 Å². The highest BCUT2D eigenvalue weighted by Gasteiger charge is 2.15. The molecule has 0 saturated heterocycles. The second kappa shape index (κ2) is 5.66. The van der Waals surface area contributed by atoms with E-state index in [1.807, 2.05) is 12.1 Å². The Morgan fingerprint density at radius 3 is 2.76 bits per heavy atom. The van der Waals surface area contributed by atoms with Crippen LogP contribution in [0.15, 0.2) is 41.4 Å². The van der Waals surface area contributed by atoms with Crippen LogP contribution in [0.5, 0.6) is 0 Å². The zero-order chi connectivity index (χ0) is 14.8. The summed E-state index contributed by atoms with van der Waals surface area (Å²) in [6.45, 7) is 0.378. The van der Waals surface area contributed by atoms with E-state index in [1.54, 1.807) is 31.4 Å². The molecule has 0 aliphatic carbocycles. The molecule has 106 valence electrons. The van der Waals surface area contributed by atoms with Gasteiger partial charge in [0, 0.05) is 17.2 Å². The first kappa shape index (κ1) is 13.8. The number of ether oxygens (including phenoxy) is 1. The van der Waals surface area contributed by atoms with E-state index in [2.05, 4.69) is 9.98 Å². The number of rotatable bonds is 1. The Hall–Kier alpha value is -2.20. The minimum absolute atomic E-state index is 0.267. The molecule has 0 fully saturated rings. The van der Waals surface area contributed by atoms with E-state index in [1.165, 1.54) is 6.07 Å². The molecule has 1 aromatic carbocycles. The normalized spacial score (nSPS) is 13.4. The second-order valence-electron chi connectivity index (χ2n) is 4.53. The Kier molecular flexibility index (Phi) is 3.71. The molecule has 0 saturated carbocycles. The van der Waals surface area contributed by atoms with Crippen molar-refractivity contribution in [1.29, 1.82) is 0 Å². The number of hydrogen-bond donors (Lipinski definition) is 0. The Balaban J connectivity index is 2.12. The van der Waals surface area contributed by atoms with Gasteiger partial charge in [-0.1, -0.05) is 29.8 Å². The predicted octanol–water partition coefficient (Wildman–Crippen LogP) is 4.11. The number of benzene rings is 1. The number of aliphatic imine (C=N–C) groups is 1. The molecule has 0 spiro atoms. The summed E-state index contributed by atoms with van der Waals surface area (Å²) in [6, 6.07) is 8.32. The van der Waals surface area contributed by atoms with Crippen LogP contribution in [0.4, 0.5) is 4.39 Å². The molecule has 5 heteroatoms. The molecule has 1 aromatic heterocycles. The summed E-state index contributed by atoms with van der Waals surface area (Å²) in [6.07, 6.45) is 3.60. The SMILES string of the molecule is COC1=NCc2nc(Cl)c(-c3ccccc3F)cc2C=C1. The van der Waals surface area contributed by atoms with Gasteiger partial charge in [0.05, 0.1) is 19.3 Å². The summed E-state index contributed by atoms with van der Waals surface area (Å²) in [5, 5.41) is 0.267. The zero-order valence-corrected chi connectivity index (χ0v) is 12.1. The van der Waals surface area contributed by atoms with E-state index < -0.39 is 0 Å². The molecule has 0 N–H and O–H groups in total. The lowest BCUT2D eigenvalue weighted by atomic mass is 10.0. The molecule has 0 radical (unpaired) electrons. The average Bonchev–Trinajstić information content (AvgIpc) is 2.69. The van der Waals surface area contributed by atoms with Crippen molar-refractivity contribution in [3.63, 3.8) is 0 Å². The van der Waals surface area contributed by atoms with Gasteiger partial charge in [-0.15, -0.1) is 0 Å². The highest BCUT2D eigenvalue weighted by molar-refractivity contribution is 6.32. The smallest absolute Gasteiger partial charge is 0.208 e. The number of halogens is 2. The highest BCUT2D eigenvalue weighted by Crippen LogP contribution is 2.31. The van der Waals surface area contributed by atoms with Gasteiger partial charge in [-0.25, -0.2) is 14.4 Å². The molecule has 21 heavy (non-hydrogen) atoms. The predicted molar refractivity (Wildman–Crippen MR) is 81.8 cm³/mol. The van der Waals surface area contributed by atoms with Crippen LogP contribution in [-0.2, 0) is 11.3 Å². The first-order valence-corrected chi connectivity index (χ1v) is 6.77. The van der Waals surface area contributed by atoms with Crippen LogP contribution in [0.3, 0.4) is 0 Å². The fourth-order valence-corrected chi connectivity index (χ4v) is 2.44. The summed E-state index contributed by atoms with van der Waals surface area (Å²) in [5.74, 6) is 0.198. The third kappa shape index (κ3) is 2.67. The lowest BCUT2D eigenvalue weighted by molar-refractivity contribution is 0.404. The molecular weight excluding hydrogens is 291 g/mol. The van der Waals surface area contributed by atoms with E-state index in [0.29, 0.717) is 23.6 Å². The van der Waals surface area contributed by atoms with Gasteiger partial charge < -0.3 is 4.74 Å². The van der Waals surface area contributed by atoms with Crippen LogP contribution in [0.1, 0.15) is 11.3 Å². The van der Waals surface area contributed by atoms with Gasteiger partial charge in [0.15, 0.2) is 0 Å². The largest absolute Gasteiger partial charge is 0.481 e. The van der Waals surface area contributed by atoms with Gasteiger partial charge in [0.1, 0.15) is 11.0 Å². The molecule has 0 atom stereocenters. The Labute approximate surface area is 126 Å². The number of methoxy groups -OCH3 is 1. The van der Waals surface area contributed by atoms with Gasteiger partial charge in [0.25, 0.3) is 0 Å². The summed E-state index contributed by atoms with van der Waals surface area (Å²) < 4.78 is 19.0. The topological polar surface area (TPSA) is 34.5 Å². The molecule has 2 heterocycles. The van der Waals surface area contributed by atoms with E-state index in [-0.39, 0.29) is 11.0 Å². The molecule has 0 bridgehead atoms. The summed E-state index contributed by atoms with van der Waals surface area (Å²) in [4.78, 5) is 8.60. The third-order valence-corrected chi connectivity index (χ3v) is 3.54. The minimum Gasteiger partial charge on any atom is -0.481 e. The molecule has 1 aliphatic rings. The number of pyridine rings is 1. The van der Waals surface area contributed by atoms with Crippen molar-refractivity contribution < 1.29 is 9.13 Å². The average molecular weight is 303 g/mol. The number of hydrogen-bond acceptors (Lipinski definition) is 3. The summed E-state index contributed by atoms with van der Waals surface area (Å²) in [5.41, 5.74) is 2.60. The van der Waals surface area contributed by atoms with Crippen molar-refractivity contribution in [2.24, 2.45) is 4.99 Å². The Morgan fingerprint density at radius 1 is 1.19 bits per heavy atom. The van der Waals surface area contributed by atoms with Crippen LogP contribution in [0, 0.1) is 5.82 Å². The van der Waals surface area contributed by atoms with E-state index in [9.17, 15) is 4.39 Å². The summed E-state index contributed by atoms with van der Waals surface area (Å²) >= 11 is 6.21. The lowest BCUT2D eigenvalue weighted by Gasteiger charge is -2.09. The number of aromatic nitrogens is 1. The van der Waals surface area contributed by atoms with Gasteiger partial charge in [-0.2, -0.15) is 0 Å². The fraction of sp³-hybridized carbons (Fsp3) is 0.125. The second-order valence-corrected chi connectivity index (χ2v) is 4.89. The molecule has 3 nitrogen and oxygen atoms in total. The first-order chi connectivity index (χ1) is 10.2. The highest BCUT2D eigenvalue weighted by atomic mass is 35.5. The lowest BCUT2D eigenvalue weighted by Crippen LogP contribution is -1.97. The van der Waals surface area contributed by atoms with E-state index in [0.717, 1.165) is 11.3 Å². The molecule has 0 amide bonds. The zero-order valence-electron chi connectivity index (χ0n) is 11.3. The Bertz CT molecular complexity index is 756. The maximum Gasteiger partial charge on any atom is 0.208 e. The number of fused-ring (bicyclic) bond motifs is 1. The maximum absolute atomic E-state index is 13.9. The molecular formula is C16H12ClFN2O. The van der Waals surface area contributed by atoms with Crippen molar-refractivity contribution >= 4 is 23.6 Å². The summed E-state index contributed by atoms with van der Waals surface area (Å²) in [7, 11) is 1.56. The quantitative estimate of drug-likeness (QED) is 0.743. The third-order valence-electron chi connectivity index (χ3n) is 3.25. The number of nitrogens with zero attached hydrogens (tertiary/aromatic N) is 2. The van der Waals surface area contributed by atoms with Crippen molar-refractivity contribution in [2.45, 2.75) is 6.54 Å². The monoisotopic (exact) mass is 302 g/mol. The van der Waals surface area contributed by atoms with Crippen LogP contribution in [-0.4, -0.2) is 18.0 Å². The van der Waals surface area contributed by atoms with Gasteiger partial charge >= 0.3 is 0 Å². The standard InChI is InChI=1S/C16H12ClFN2O/c1-21-15-7-6-10-8-12(11-4-2-3-5-13(11)18)16(17)20-14(10)9-19-15/h2-8H,9H2,1H3. The van der Waals surface area contributed by atoms with Crippen molar-refractivity contribution in [3.8, 4) is 11.1 Å². The Morgan fingerprint density at radius 2 is 2.00 bits per heavy atom. The molecule has 3 rings (SSSR count). The fourth-order valence-electron chi connectivity index (χ4n) is 2.18.